The summed E-state index contributed by atoms with van der Waals surface area (Å²) >= 11 is 25.2. The first-order valence-corrected chi connectivity index (χ1v) is 42.2. The molecule has 0 bridgehead atoms. The van der Waals surface area contributed by atoms with E-state index in [1.54, 1.807) is 141 Å². The molecule has 12 heterocycles. The highest BCUT2D eigenvalue weighted by Crippen LogP contribution is 2.44. The number of nitrogens with one attached hydrogen (secondary N) is 2. The second-order valence-corrected chi connectivity index (χ2v) is 32.5. The molecule has 3 atom stereocenters. The first kappa shape index (κ1) is 85.5. The summed E-state index contributed by atoms with van der Waals surface area (Å²) in [7, 11) is 8.44. The number of rotatable bonds is 14. The average molecular weight is 1790 g/mol. The Bertz CT molecular complexity index is 6840. The minimum absolute atomic E-state index is 0.0376. The number of methoxy groups -OCH3 is 2. The normalized spacial score (nSPS) is 16.5. The van der Waals surface area contributed by atoms with Crippen molar-refractivity contribution in [3.63, 3.8) is 0 Å². The van der Waals surface area contributed by atoms with Crippen LogP contribution in [0.1, 0.15) is 116 Å². The van der Waals surface area contributed by atoms with Crippen molar-refractivity contribution in [3.8, 4) is 28.6 Å². The maximum absolute atomic E-state index is 14.5. The zero-order valence-corrected chi connectivity index (χ0v) is 72.0. The molecular formula is C91H80Cl4F3N21O8. The smallest absolute Gasteiger partial charge is 0.267 e. The molecule has 3 fully saturated rings. The number of halogens is 7. The number of fused-ring (bicyclic) bond motifs is 6. The van der Waals surface area contributed by atoms with Crippen molar-refractivity contribution in [2.75, 3.05) is 99.9 Å². The molecule has 6 aliphatic rings. The molecule has 36 heteroatoms. The van der Waals surface area contributed by atoms with E-state index in [-0.39, 0.29) is 60.9 Å². The van der Waals surface area contributed by atoms with E-state index in [0.717, 1.165) is 54.9 Å². The van der Waals surface area contributed by atoms with E-state index in [9.17, 15) is 41.9 Å². The fourth-order valence-electron chi connectivity index (χ4n) is 16.9. The van der Waals surface area contributed by atoms with Crippen LogP contribution in [0.2, 0.25) is 20.2 Å². The number of ether oxygens (including phenoxy) is 2. The molecule has 6 aliphatic heterocycles. The number of aromatic nitrogens is 12. The molecule has 29 nitrogen and oxygen atoms in total. The van der Waals surface area contributed by atoms with Crippen molar-refractivity contribution in [2.24, 2.45) is 0 Å². The molecule has 2 N–H and O–H groups in total. The standard InChI is InChI=1S/C33H29ClFN7O3.C25H21ClFN7O2.C18H15ClFN3O.C15H15ClN4O2/c1-39-19-40(17-20-11-13-23(45-2)14-12-20)30-28(32(39)43)31(37-18-36-30)41-15-5-10-26(41)29-38-25-9-4-8-24(34)27(25)33(44)42(29)22-7-3-6-21(35)16-22;1-32-13-30-21-20(24(32)35)23(29-12-28-21)33-10-4-9-18(33)22-31-17-8-3-7-16(26)19(17)25(36)34(22)15-6-2-5-14(27)11-15;19-13-6-2-7-14-16(13)18(24)23(12-5-1-4-11(20)10-12)17(22-14)15-8-3-9-21-15;1-19-9-20(7-10-3-5-11(22-2)6-4-10)14-12(15(19)21)13(16)17-8-18-14/h3-4,6-9,11-14,16,18,26H,5,10,15,17,19H2,1-2H3;2-3,5-8,11-12,18H,4,9-10,13H2,1H3,(H,28,29,30);1-2,4-7,10,15,21H,3,8-9H2;3-6,8H,7,9H2,1-2H3/t;;15-;/m..0./s1. The monoisotopic (exact) mass is 1790 g/mol. The van der Waals surface area contributed by atoms with E-state index in [1.807, 2.05) is 68.1 Å². The van der Waals surface area contributed by atoms with Gasteiger partial charge in [-0.15, -0.1) is 0 Å². The van der Waals surface area contributed by atoms with Crippen LogP contribution in [-0.2, 0) is 13.1 Å². The quantitative estimate of drug-likeness (QED) is 0.0956. The molecular weight excluding hydrogens is 1710 g/mol. The van der Waals surface area contributed by atoms with Crippen molar-refractivity contribution in [2.45, 2.75) is 69.7 Å². The van der Waals surface area contributed by atoms with Gasteiger partial charge in [0.25, 0.3) is 34.4 Å². The average Bonchev–Trinajstić information content (AvgIpc) is 1.73. The number of hydrogen-bond acceptors (Lipinski definition) is 23. The summed E-state index contributed by atoms with van der Waals surface area (Å²) in [5.74, 6) is 3.60. The fourth-order valence-corrected chi connectivity index (χ4v) is 17.8. The van der Waals surface area contributed by atoms with Crippen molar-refractivity contribution in [3.05, 3.63) is 309 Å². The van der Waals surface area contributed by atoms with Crippen LogP contribution in [0.15, 0.2) is 209 Å². The third kappa shape index (κ3) is 16.9. The van der Waals surface area contributed by atoms with Gasteiger partial charge in [0.2, 0.25) is 0 Å². The van der Waals surface area contributed by atoms with E-state index in [0.29, 0.717) is 166 Å². The first-order chi connectivity index (χ1) is 61.5. The largest absolute Gasteiger partial charge is 0.497 e. The topological polar surface area (TPSA) is 298 Å². The fraction of sp³-hybridized carbons (Fsp3) is 0.242. The van der Waals surface area contributed by atoms with Crippen molar-refractivity contribution < 1.29 is 37.0 Å². The van der Waals surface area contributed by atoms with Crippen molar-refractivity contribution >= 4 is 126 Å². The molecule has 14 aromatic rings. The van der Waals surface area contributed by atoms with Crippen molar-refractivity contribution in [1.82, 2.24) is 78.6 Å². The highest BCUT2D eigenvalue weighted by Gasteiger charge is 2.42. The predicted octanol–water partition coefficient (Wildman–Crippen LogP) is 14.9. The summed E-state index contributed by atoms with van der Waals surface area (Å²) in [6.07, 6.45) is 8.99. The van der Waals surface area contributed by atoms with Gasteiger partial charge in [-0.3, -0.25) is 42.5 Å². The molecule has 0 saturated carbocycles. The summed E-state index contributed by atoms with van der Waals surface area (Å²) in [4.78, 5) is 133. The molecule has 3 saturated heterocycles. The van der Waals surface area contributed by atoms with Gasteiger partial charge in [-0.05, 0) is 171 Å². The van der Waals surface area contributed by atoms with Crippen LogP contribution >= 0.6 is 46.4 Å². The second-order valence-electron chi connectivity index (χ2n) is 30.9. The van der Waals surface area contributed by atoms with E-state index in [2.05, 4.69) is 45.5 Å². The Balaban J connectivity index is 0.000000124. The van der Waals surface area contributed by atoms with Crippen LogP contribution < -0.4 is 56.4 Å². The number of carbonyl (C=O) groups excluding carboxylic acids is 3. The van der Waals surface area contributed by atoms with Crippen LogP contribution in [0.4, 0.5) is 42.3 Å². The molecule has 3 amide bonds. The number of benzene rings is 8. The summed E-state index contributed by atoms with van der Waals surface area (Å²) < 4.78 is 57.2. The summed E-state index contributed by atoms with van der Waals surface area (Å²) in [6, 6.07) is 47.7. The third-order valence-electron chi connectivity index (χ3n) is 22.8. The Morgan fingerprint density at radius 2 is 0.819 bits per heavy atom. The molecule has 0 spiro atoms. The maximum atomic E-state index is 14.5. The van der Waals surface area contributed by atoms with Crippen LogP contribution in [0.5, 0.6) is 11.5 Å². The number of carbonyl (C=O) groups is 3. The van der Waals surface area contributed by atoms with E-state index >= 15 is 0 Å². The van der Waals surface area contributed by atoms with Crippen LogP contribution in [0, 0.1) is 17.5 Å². The molecule has 127 heavy (non-hydrogen) atoms. The van der Waals surface area contributed by atoms with Gasteiger partial charge >= 0.3 is 0 Å². The molecule has 20 rings (SSSR count). The molecule has 8 aromatic carbocycles. The SMILES string of the molecule is CN1CNc2ncnc(N3CCCC3c3nc4cccc(Cl)c4c(=O)n3-c3cccc(F)c3)c2C1=O.COc1ccc(CN2CN(C)C(=O)c3c(Cl)ncnc32)cc1.COc1ccc(CN2CN(C)C(=O)c3c2ncnc3N2CCCC2c2nc3cccc(Cl)c3c(=O)n2-c2cccc(F)c2)cc1.O=c1c2c(Cl)cccc2nc([C@@H]2CCCN2)n1-c1cccc(F)c1. The zero-order valence-electron chi connectivity index (χ0n) is 69.0. The Hall–Kier alpha value is -13.7. The molecule has 2 unspecified atom stereocenters. The Labute approximate surface area is 744 Å². The predicted molar refractivity (Wildman–Crippen MR) is 480 cm³/mol. The van der Waals surface area contributed by atoms with Gasteiger partial charge in [-0.25, -0.2) is 58.0 Å². The molecule has 0 radical (unpaired) electrons. The van der Waals surface area contributed by atoms with Gasteiger partial charge in [0.05, 0.1) is 117 Å². The van der Waals surface area contributed by atoms with Gasteiger partial charge in [0, 0.05) is 47.3 Å². The molecule has 0 aliphatic carbocycles. The Morgan fingerprint density at radius 3 is 1.26 bits per heavy atom. The molecule has 6 aromatic heterocycles. The lowest BCUT2D eigenvalue weighted by Gasteiger charge is -2.37. The third-order valence-corrected chi connectivity index (χ3v) is 24.1. The highest BCUT2D eigenvalue weighted by atomic mass is 35.5. The zero-order chi connectivity index (χ0) is 88.6. The Kier molecular flexibility index (Phi) is 24.6. The summed E-state index contributed by atoms with van der Waals surface area (Å²) in [5, 5.41) is 8.43. The number of hydrogen-bond donors (Lipinski definition) is 2. The number of anilines is 5. The Morgan fingerprint density at radius 1 is 0.425 bits per heavy atom. The maximum Gasteiger partial charge on any atom is 0.267 e. The first-order valence-electron chi connectivity index (χ1n) is 40.7. The summed E-state index contributed by atoms with van der Waals surface area (Å²) in [5.41, 5.74) is 4.75. The van der Waals surface area contributed by atoms with E-state index < -0.39 is 35.1 Å². The minimum atomic E-state index is -0.483. The second kappa shape index (κ2) is 36.5. The lowest BCUT2D eigenvalue weighted by atomic mass is 10.1. The van der Waals surface area contributed by atoms with Crippen LogP contribution in [0.3, 0.4) is 0 Å². The van der Waals surface area contributed by atoms with Crippen LogP contribution in [-0.4, -0.2) is 166 Å². The summed E-state index contributed by atoms with van der Waals surface area (Å²) in [6.45, 7) is 4.31. The van der Waals surface area contributed by atoms with Gasteiger partial charge in [-0.2, -0.15) is 0 Å². The van der Waals surface area contributed by atoms with E-state index in [1.165, 1.54) is 69.1 Å². The van der Waals surface area contributed by atoms with E-state index in [4.69, 9.17) is 65.8 Å². The number of nitrogens with zero attached hydrogens (tertiary/aromatic N) is 19. The van der Waals surface area contributed by atoms with Gasteiger partial charge in [0.1, 0.15) is 116 Å². The minimum Gasteiger partial charge on any atom is -0.497 e. The van der Waals surface area contributed by atoms with Crippen molar-refractivity contribution in [1.29, 1.82) is 0 Å². The lowest BCUT2D eigenvalue weighted by Crippen LogP contribution is -2.46. The van der Waals surface area contributed by atoms with Gasteiger partial charge in [-0.1, -0.05) is 107 Å². The van der Waals surface area contributed by atoms with Crippen LogP contribution in [0.25, 0.3) is 49.8 Å². The lowest BCUT2D eigenvalue weighted by molar-refractivity contribution is 0.0773. The van der Waals surface area contributed by atoms with Gasteiger partial charge < -0.3 is 54.4 Å². The van der Waals surface area contributed by atoms with Gasteiger partial charge in [0.15, 0.2) is 0 Å². The highest BCUT2D eigenvalue weighted by molar-refractivity contribution is 6.36. The molecule has 646 valence electrons. The number of amides is 3.